The summed E-state index contributed by atoms with van der Waals surface area (Å²) in [5.74, 6) is 0.256. The van der Waals surface area contributed by atoms with Crippen molar-refractivity contribution in [2.75, 3.05) is 19.4 Å². The van der Waals surface area contributed by atoms with E-state index in [-0.39, 0.29) is 5.75 Å². The lowest BCUT2D eigenvalue weighted by atomic mass is 10.1. The standard InChI is InChI=1S/C16H19ClN2O/c1-19(2)11-12-3-6-15(7-4-12)18-10-13-9-14(17)5-8-16(13)20/h3-9,18,20H,10-11H2,1-2H3. The molecular weight excluding hydrogens is 272 g/mol. The molecule has 2 N–H and O–H groups in total. The minimum atomic E-state index is 0.256. The van der Waals surface area contributed by atoms with Crippen LogP contribution in [0.1, 0.15) is 11.1 Å². The summed E-state index contributed by atoms with van der Waals surface area (Å²) >= 11 is 5.92. The van der Waals surface area contributed by atoms with Crippen LogP contribution in [0.4, 0.5) is 5.69 Å². The molecule has 2 aromatic carbocycles. The molecule has 0 bridgehead atoms. The molecule has 20 heavy (non-hydrogen) atoms. The summed E-state index contributed by atoms with van der Waals surface area (Å²) in [6.45, 7) is 1.47. The molecule has 0 aliphatic rings. The third-order valence-corrected chi connectivity index (χ3v) is 3.21. The van der Waals surface area contributed by atoms with Crippen LogP contribution in [-0.2, 0) is 13.1 Å². The van der Waals surface area contributed by atoms with Gasteiger partial charge in [-0.2, -0.15) is 0 Å². The summed E-state index contributed by atoms with van der Waals surface area (Å²) in [6.07, 6.45) is 0. The first kappa shape index (κ1) is 14.7. The van der Waals surface area contributed by atoms with Gasteiger partial charge in [0.15, 0.2) is 0 Å². The highest BCUT2D eigenvalue weighted by Gasteiger charge is 2.02. The van der Waals surface area contributed by atoms with Crippen molar-refractivity contribution in [1.82, 2.24) is 4.90 Å². The lowest BCUT2D eigenvalue weighted by molar-refractivity contribution is 0.402. The second-order valence-electron chi connectivity index (χ2n) is 5.06. The summed E-state index contributed by atoms with van der Waals surface area (Å²) in [5, 5.41) is 13.7. The molecule has 0 saturated carbocycles. The summed E-state index contributed by atoms with van der Waals surface area (Å²) in [4.78, 5) is 2.13. The monoisotopic (exact) mass is 290 g/mol. The predicted molar refractivity (Wildman–Crippen MR) is 84.3 cm³/mol. The number of nitrogens with zero attached hydrogens (tertiary/aromatic N) is 1. The van der Waals surface area contributed by atoms with Crippen molar-refractivity contribution in [2.45, 2.75) is 13.1 Å². The molecule has 0 unspecified atom stereocenters. The van der Waals surface area contributed by atoms with Crippen LogP contribution < -0.4 is 5.32 Å². The van der Waals surface area contributed by atoms with Gasteiger partial charge >= 0.3 is 0 Å². The molecule has 0 aliphatic heterocycles. The second-order valence-corrected chi connectivity index (χ2v) is 5.50. The molecule has 4 heteroatoms. The van der Waals surface area contributed by atoms with Crippen LogP contribution >= 0.6 is 11.6 Å². The molecule has 2 aromatic rings. The zero-order valence-corrected chi connectivity index (χ0v) is 12.5. The number of nitrogens with one attached hydrogen (secondary N) is 1. The first-order valence-electron chi connectivity index (χ1n) is 6.49. The number of phenols is 1. The van der Waals surface area contributed by atoms with E-state index in [4.69, 9.17) is 11.6 Å². The van der Waals surface area contributed by atoms with Crippen LogP contribution in [0.3, 0.4) is 0 Å². The number of phenolic OH excluding ortho intramolecular Hbond substituents is 1. The van der Waals surface area contributed by atoms with Gasteiger partial charge < -0.3 is 15.3 Å². The number of rotatable bonds is 5. The average Bonchev–Trinajstić information content (AvgIpc) is 2.41. The van der Waals surface area contributed by atoms with E-state index in [2.05, 4.69) is 22.3 Å². The normalized spacial score (nSPS) is 10.8. The Hall–Kier alpha value is -1.71. The fourth-order valence-electron chi connectivity index (χ4n) is 1.99. The quantitative estimate of drug-likeness (QED) is 0.881. The van der Waals surface area contributed by atoms with Crippen LogP contribution in [-0.4, -0.2) is 24.1 Å². The molecular formula is C16H19ClN2O. The maximum atomic E-state index is 9.75. The fraction of sp³-hybridized carbons (Fsp3) is 0.250. The Balaban J connectivity index is 1.98. The van der Waals surface area contributed by atoms with Gasteiger partial charge in [-0.25, -0.2) is 0 Å². The molecule has 0 saturated heterocycles. The highest BCUT2D eigenvalue weighted by molar-refractivity contribution is 6.30. The Labute approximate surface area is 124 Å². The van der Waals surface area contributed by atoms with Crippen LogP contribution in [0.25, 0.3) is 0 Å². The van der Waals surface area contributed by atoms with Crippen molar-refractivity contribution in [2.24, 2.45) is 0 Å². The zero-order valence-electron chi connectivity index (χ0n) is 11.7. The van der Waals surface area contributed by atoms with Crippen LogP contribution in [0.5, 0.6) is 5.75 Å². The van der Waals surface area contributed by atoms with E-state index >= 15 is 0 Å². The number of benzene rings is 2. The van der Waals surface area contributed by atoms with Crippen molar-refractivity contribution in [1.29, 1.82) is 0 Å². The van der Waals surface area contributed by atoms with Crippen molar-refractivity contribution in [3.05, 3.63) is 58.6 Å². The number of halogens is 1. The van der Waals surface area contributed by atoms with Gasteiger partial charge in [0.2, 0.25) is 0 Å². The Morgan fingerprint density at radius 3 is 2.45 bits per heavy atom. The van der Waals surface area contributed by atoms with Gasteiger partial charge in [0.25, 0.3) is 0 Å². The van der Waals surface area contributed by atoms with Crippen LogP contribution in [0.2, 0.25) is 5.02 Å². The summed E-state index contributed by atoms with van der Waals surface area (Å²) in [7, 11) is 4.10. The van der Waals surface area contributed by atoms with Crippen molar-refractivity contribution >= 4 is 17.3 Å². The first-order valence-corrected chi connectivity index (χ1v) is 6.87. The fourth-order valence-corrected chi connectivity index (χ4v) is 2.18. The number of hydrogen-bond donors (Lipinski definition) is 2. The van der Waals surface area contributed by atoms with Gasteiger partial charge in [0.05, 0.1) is 0 Å². The molecule has 3 nitrogen and oxygen atoms in total. The van der Waals surface area contributed by atoms with Crippen molar-refractivity contribution < 1.29 is 5.11 Å². The molecule has 106 valence electrons. The Bertz CT molecular complexity index is 567. The summed E-state index contributed by atoms with van der Waals surface area (Å²) in [5.41, 5.74) is 3.08. The topological polar surface area (TPSA) is 35.5 Å². The maximum absolute atomic E-state index is 9.75. The van der Waals surface area contributed by atoms with E-state index in [9.17, 15) is 5.11 Å². The van der Waals surface area contributed by atoms with Gasteiger partial charge in [-0.1, -0.05) is 23.7 Å². The number of anilines is 1. The van der Waals surface area contributed by atoms with E-state index in [1.54, 1.807) is 18.2 Å². The Kier molecular flexibility index (Phi) is 4.88. The smallest absolute Gasteiger partial charge is 0.120 e. The van der Waals surface area contributed by atoms with E-state index in [0.717, 1.165) is 17.8 Å². The number of aromatic hydroxyl groups is 1. The lowest BCUT2D eigenvalue weighted by Gasteiger charge is -2.11. The molecule has 0 amide bonds. The zero-order chi connectivity index (χ0) is 14.5. The molecule has 0 fully saturated rings. The lowest BCUT2D eigenvalue weighted by Crippen LogP contribution is -2.10. The summed E-state index contributed by atoms with van der Waals surface area (Å²) in [6, 6.07) is 13.3. The minimum Gasteiger partial charge on any atom is -0.508 e. The third kappa shape index (κ3) is 4.15. The molecule has 0 heterocycles. The largest absolute Gasteiger partial charge is 0.508 e. The van der Waals surface area contributed by atoms with Gasteiger partial charge in [0, 0.05) is 29.4 Å². The SMILES string of the molecule is CN(C)Cc1ccc(NCc2cc(Cl)ccc2O)cc1. The first-order chi connectivity index (χ1) is 9.54. The second kappa shape index (κ2) is 6.64. The molecule has 0 radical (unpaired) electrons. The molecule has 0 spiro atoms. The molecule has 0 aromatic heterocycles. The van der Waals surface area contributed by atoms with E-state index in [1.807, 2.05) is 26.2 Å². The van der Waals surface area contributed by atoms with Gasteiger partial charge in [-0.05, 0) is 50.0 Å². The Morgan fingerprint density at radius 1 is 1.10 bits per heavy atom. The molecule has 0 atom stereocenters. The molecule has 0 aliphatic carbocycles. The van der Waals surface area contributed by atoms with Gasteiger partial charge in [-0.3, -0.25) is 0 Å². The average molecular weight is 291 g/mol. The van der Waals surface area contributed by atoms with Gasteiger partial charge in [-0.15, -0.1) is 0 Å². The molecule has 2 rings (SSSR count). The van der Waals surface area contributed by atoms with E-state index in [0.29, 0.717) is 11.6 Å². The Morgan fingerprint density at radius 2 is 1.80 bits per heavy atom. The van der Waals surface area contributed by atoms with Crippen LogP contribution in [0, 0.1) is 0 Å². The highest BCUT2D eigenvalue weighted by Crippen LogP contribution is 2.22. The van der Waals surface area contributed by atoms with Crippen molar-refractivity contribution in [3.63, 3.8) is 0 Å². The van der Waals surface area contributed by atoms with Crippen LogP contribution in [0.15, 0.2) is 42.5 Å². The highest BCUT2D eigenvalue weighted by atomic mass is 35.5. The van der Waals surface area contributed by atoms with E-state index < -0.39 is 0 Å². The van der Waals surface area contributed by atoms with Gasteiger partial charge in [0.1, 0.15) is 5.75 Å². The summed E-state index contributed by atoms with van der Waals surface area (Å²) < 4.78 is 0. The minimum absolute atomic E-state index is 0.256. The van der Waals surface area contributed by atoms with E-state index in [1.165, 1.54) is 5.56 Å². The maximum Gasteiger partial charge on any atom is 0.120 e. The predicted octanol–water partition coefficient (Wildman–Crippen LogP) is 3.72. The number of hydrogen-bond acceptors (Lipinski definition) is 3. The third-order valence-electron chi connectivity index (χ3n) is 2.98. The van der Waals surface area contributed by atoms with Crippen molar-refractivity contribution in [3.8, 4) is 5.75 Å².